The van der Waals surface area contributed by atoms with Crippen LogP contribution in [-0.4, -0.2) is 29.5 Å². The minimum absolute atomic E-state index is 0.00517. The second kappa shape index (κ2) is 9.12. The van der Waals surface area contributed by atoms with E-state index in [0.29, 0.717) is 12.0 Å². The zero-order valence-corrected chi connectivity index (χ0v) is 14.9. The monoisotopic (exact) mass is 387 g/mol. The van der Waals surface area contributed by atoms with Crippen molar-refractivity contribution in [3.05, 3.63) is 74.8 Å². The number of nitrogens with one attached hydrogen (secondary N) is 1. The lowest BCUT2D eigenvalue weighted by Gasteiger charge is -2.11. The molecule has 0 spiro atoms. The van der Waals surface area contributed by atoms with Gasteiger partial charge in [0, 0.05) is 17.7 Å². The predicted molar refractivity (Wildman–Crippen MR) is 101 cm³/mol. The van der Waals surface area contributed by atoms with Crippen LogP contribution in [0.5, 0.6) is 11.5 Å². The molecule has 0 aliphatic rings. The Bertz CT molecular complexity index is 927. The number of non-ortho nitro benzene ring substituents is 1. The first-order chi connectivity index (χ1) is 13.3. The molecule has 0 radical (unpaired) electrons. The number of allylic oxidation sites excluding steroid dienone is 1. The van der Waals surface area contributed by atoms with E-state index in [1.54, 1.807) is 6.08 Å². The lowest BCUT2D eigenvalue weighted by atomic mass is 10.1. The summed E-state index contributed by atoms with van der Waals surface area (Å²) in [7, 11) is 1.37. The Morgan fingerprint density at radius 1 is 1.18 bits per heavy atom. The highest BCUT2D eigenvalue weighted by Gasteiger charge is 2.18. The summed E-state index contributed by atoms with van der Waals surface area (Å²) < 4.78 is 10.4. The molecule has 2 aromatic rings. The fraction of sp³-hybridized carbons (Fsp3) is 0.167. The second-order valence-corrected chi connectivity index (χ2v) is 5.52. The number of anilines is 1. The van der Waals surface area contributed by atoms with Crippen LogP contribution in [0.4, 0.5) is 17.1 Å². The van der Waals surface area contributed by atoms with Crippen LogP contribution < -0.4 is 14.8 Å². The second-order valence-electron chi connectivity index (χ2n) is 5.52. The molecule has 0 fully saturated rings. The number of benzene rings is 2. The standard InChI is InChI=1S/C18H17N3O7/c1-3-4-12-9-13(20(23)24)5-8-17(12)28-11-18(22)19-15-7-6-14(27-2)10-16(15)21(25)26/h3,5-10H,1,4,11H2,2H3,(H,19,22). The number of ether oxygens (including phenoxy) is 2. The zero-order chi connectivity index (χ0) is 20.7. The molecule has 1 N–H and O–H groups in total. The van der Waals surface area contributed by atoms with Crippen LogP contribution in [-0.2, 0) is 11.2 Å². The molecule has 0 atom stereocenters. The smallest absolute Gasteiger partial charge is 0.296 e. The van der Waals surface area contributed by atoms with Gasteiger partial charge in [0.05, 0.1) is 23.0 Å². The molecule has 0 saturated carbocycles. The van der Waals surface area contributed by atoms with Crippen molar-refractivity contribution in [2.45, 2.75) is 6.42 Å². The molecule has 10 nitrogen and oxygen atoms in total. The van der Waals surface area contributed by atoms with Crippen molar-refractivity contribution < 1.29 is 24.1 Å². The van der Waals surface area contributed by atoms with Crippen molar-refractivity contribution in [2.24, 2.45) is 0 Å². The third-order valence-corrected chi connectivity index (χ3v) is 3.65. The van der Waals surface area contributed by atoms with E-state index >= 15 is 0 Å². The van der Waals surface area contributed by atoms with Crippen molar-refractivity contribution in [1.82, 2.24) is 0 Å². The van der Waals surface area contributed by atoms with E-state index in [-0.39, 0.29) is 28.6 Å². The SMILES string of the molecule is C=CCc1cc([N+](=O)[O-])ccc1OCC(=O)Nc1ccc(OC)cc1[N+](=O)[O-]. The van der Waals surface area contributed by atoms with E-state index in [0.717, 1.165) is 0 Å². The van der Waals surface area contributed by atoms with Crippen molar-refractivity contribution in [3.63, 3.8) is 0 Å². The first kappa shape index (κ1) is 20.4. The highest BCUT2D eigenvalue weighted by Crippen LogP contribution is 2.29. The molecule has 28 heavy (non-hydrogen) atoms. The first-order valence-corrected chi connectivity index (χ1v) is 7.99. The molecular formula is C18H17N3O7. The Kier molecular flexibility index (Phi) is 6.63. The van der Waals surface area contributed by atoms with Crippen LogP contribution in [0.25, 0.3) is 0 Å². The van der Waals surface area contributed by atoms with Gasteiger partial charge in [-0.2, -0.15) is 0 Å². The first-order valence-electron chi connectivity index (χ1n) is 7.99. The molecule has 2 aromatic carbocycles. The Hall–Kier alpha value is -3.95. The van der Waals surface area contributed by atoms with Crippen molar-refractivity contribution >= 4 is 23.0 Å². The van der Waals surface area contributed by atoms with E-state index in [1.165, 1.54) is 43.5 Å². The van der Waals surface area contributed by atoms with Gasteiger partial charge in [0.2, 0.25) is 0 Å². The summed E-state index contributed by atoms with van der Waals surface area (Å²) in [6.45, 7) is 3.14. The van der Waals surface area contributed by atoms with Gasteiger partial charge < -0.3 is 14.8 Å². The van der Waals surface area contributed by atoms with E-state index in [9.17, 15) is 25.0 Å². The number of carbonyl (C=O) groups excluding carboxylic acids is 1. The number of hydrogen-bond donors (Lipinski definition) is 1. The number of rotatable bonds is 9. The molecular weight excluding hydrogens is 370 g/mol. The zero-order valence-electron chi connectivity index (χ0n) is 14.9. The fourth-order valence-corrected chi connectivity index (χ4v) is 2.36. The van der Waals surface area contributed by atoms with E-state index in [4.69, 9.17) is 9.47 Å². The molecule has 10 heteroatoms. The Labute approximate surface area is 159 Å². The maximum atomic E-state index is 12.1. The summed E-state index contributed by atoms with van der Waals surface area (Å²) in [5.74, 6) is -0.0676. The summed E-state index contributed by atoms with van der Waals surface area (Å²) in [5.41, 5.74) is 0.0553. The van der Waals surface area contributed by atoms with Gasteiger partial charge in [0.1, 0.15) is 17.2 Å². The van der Waals surface area contributed by atoms with Crippen LogP contribution in [0.3, 0.4) is 0 Å². The summed E-state index contributed by atoms with van der Waals surface area (Å²) >= 11 is 0. The number of methoxy groups -OCH3 is 1. The predicted octanol–water partition coefficient (Wildman–Crippen LogP) is 3.26. The number of hydrogen-bond acceptors (Lipinski definition) is 7. The number of amides is 1. The molecule has 146 valence electrons. The van der Waals surface area contributed by atoms with Gasteiger partial charge in [-0.05, 0) is 24.6 Å². The normalized spacial score (nSPS) is 10.0. The van der Waals surface area contributed by atoms with E-state index in [1.807, 2.05) is 0 Å². The molecule has 0 aromatic heterocycles. The van der Waals surface area contributed by atoms with Crippen LogP contribution >= 0.6 is 0 Å². The molecule has 0 saturated heterocycles. The summed E-state index contributed by atoms with van der Waals surface area (Å²) in [5, 5.41) is 24.4. The van der Waals surface area contributed by atoms with Crippen LogP contribution in [0, 0.1) is 20.2 Å². The van der Waals surface area contributed by atoms with Crippen molar-refractivity contribution in [2.75, 3.05) is 19.0 Å². The number of nitro groups is 2. The lowest BCUT2D eigenvalue weighted by molar-refractivity contribution is -0.385. The number of carbonyl (C=O) groups is 1. The molecule has 1 amide bonds. The van der Waals surface area contributed by atoms with Gasteiger partial charge in [0.15, 0.2) is 6.61 Å². The third-order valence-electron chi connectivity index (χ3n) is 3.65. The highest BCUT2D eigenvalue weighted by atomic mass is 16.6. The maximum absolute atomic E-state index is 12.1. The molecule has 0 unspecified atom stereocenters. The summed E-state index contributed by atoms with van der Waals surface area (Å²) in [6.07, 6.45) is 1.86. The Morgan fingerprint density at radius 3 is 2.54 bits per heavy atom. The van der Waals surface area contributed by atoms with Crippen LogP contribution in [0.2, 0.25) is 0 Å². The fourth-order valence-electron chi connectivity index (χ4n) is 2.36. The van der Waals surface area contributed by atoms with Gasteiger partial charge in [-0.15, -0.1) is 6.58 Å². The van der Waals surface area contributed by atoms with E-state index < -0.39 is 22.4 Å². The average molecular weight is 387 g/mol. The third kappa shape index (κ3) is 5.04. The van der Waals surface area contributed by atoms with Gasteiger partial charge in [-0.25, -0.2) is 0 Å². The van der Waals surface area contributed by atoms with Crippen LogP contribution in [0.1, 0.15) is 5.56 Å². The van der Waals surface area contributed by atoms with Gasteiger partial charge in [0.25, 0.3) is 17.3 Å². The molecule has 0 aliphatic carbocycles. The van der Waals surface area contributed by atoms with Crippen LogP contribution in [0.15, 0.2) is 49.1 Å². The van der Waals surface area contributed by atoms with Gasteiger partial charge in [-0.3, -0.25) is 25.0 Å². The maximum Gasteiger partial charge on any atom is 0.296 e. The van der Waals surface area contributed by atoms with E-state index in [2.05, 4.69) is 11.9 Å². The van der Waals surface area contributed by atoms with Gasteiger partial charge in [-0.1, -0.05) is 6.08 Å². The molecule has 0 heterocycles. The topological polar surface area (TPSA) is 134 Å². The van der Waals surface area contributed by atoms with Crippen molar-refractivity contribution in [1.29, 1.82) is 0 Å². The largest absolute Gasteiger partial charge is 0.496 e. The Morgan fingerprint density at radius 2 is 1.93 bits per heavy atom. The number of nitro benzene ring substituents is 2. The number of nitrogens with zero attached hydrogens (tertiary/aromatic N) is 2. The molecule has 0 aliphatic heterocycles. The summed E-state index contributed by atoms with van der Waals surface area (Å²) in [6, 6.07) is 8.00. The Balaban J connectivity index is 2.12. The highest BCUT2D eigenvalue weighted by molar-refractivity contribution is 5.94. The summed E-state index contributed by atoms with van der Waals surface area (Å²) in [4.78, 5) is 33.0. The lowest BCUT2D eigenvalue weighted by Crippen LogP contribution is -2.21. The minimum atomic E-state index is -0.641. The van der Waals surface area contributed by atoms with Gasteiger partial charge >= 0.3 is 0 Å². The molecule has 2 rings (SSSR count). The minimum Gasteiger partial charge on any atom is -0.496 e. The molecule has 0 bridgehead atoms. The average Bonchev–Trinajstić information content (AvgIpc) is 2.67. The van der Waals surface area contributed by atoms with Crippen molar-refractivity contribution in [3.8, 4) is 11.5 Å². The quantitative estimate of drug-likeness (QED) is 0.396.